The number of rotatable bonds is 5. The van der Waals surface area contributed by atoms with Crippen molar-refractivity contribution >= 4 is 0 Å². The zero-order valence-electron chi connectivity index (χ0n) is 8.16. The molecule has 2 atom stereocenters. The Morgan fingerprint density at radius 2 is 2.38 bits per heavy atom. The minimum absolute atomic E-state index is 0.163. The molecule has 3 nitrogen and oxygen atoms in total. The fourth-order valence-electron chi connectivity index (χ4n) is 1.10. The summed E-state index contributed by atoms with van der Waals surface area (Å²) < 4.78 is 5.22. The second kappa shape index (κ2) is 5.04. The molecule has 0 saturated heterocycles. The van der Waals surface area contributed by atoms with Gasteiger partial charge < -0.3 is 14.8 Å². The van der Waals surface area contributed by atoms with Gasteiger partial charge in [0.25, 0.3) is 0 Å². The molecule has 2 unspecified atom stereocenters. The molecule has 1 rings (SSSR count). The van der Waals surface area contributed by atoms with Crippen LogP contribution in [0.4, 0.5) is 0 Å². The average Bonchev–Trinajstić information content (AvgIpc) is 2.66. The monoisotopic (exact) mass is 183 g/mol. The minimum atomic E-state index is -0.266. The topological polar surface area (TPSA) is 45.4 Å². The fraction of sp³-hybridized carbons (Fsp3) is 0.600. The van der Waals surface area contributed by atoms with Crippen LogP contribution in [0.25, 0.3) is 0 Å². The quantitative estimate of drug-likeness (QED) is 0.730. The Labute approximate surface area is 78.8 Å². The Kier molecular flexibility index (Phi) is 3.99. The van der Waals surface area contributed by atoms with Crippen LogP contribution in [0.5, 0.6) is 0 Å². The Morgan fingerprint density at radius 3 is 2.92 bits per heavy atom. The molecule has 1 aromatic heterocycles. The number of hydrogen-bond donors (Lipinski definition) is 2. The van der Waals surface area contributed by atoms with E-state index in [-0.39, 0.29) is 12.1 Å². The van der Waals surface area contributed by atoms with Gasteiger partial charge in [-0.3, -0.25) is 0 Å². The standard InChI is InChI=1S/C10H17NO2/c1-3-9(12)7-11-8(2)10-5-4-6-13-10/h4-6,8-9,11-12H,3,7H2,1-2H3. The van der Waals surface area contributed by atoms with Crippen LogP contribution in [0.3, 0.4) is 0 Å². The van der Waals surface area contributed by atoms with Crippen molar-refractivity contribution in [3.8, 4) is 0 Å². The second-order valence-electron chi connectivity index (χ2n) is 3.21. The zero-order valence-corrected chi connectivity index (χ0v) is 8.16. The van der Waals surface area contributed by atoms with Crippen LogP contribution in [0.2, 0.25) is 0 Å². The van der Waals surface area contributed by atoms with Gasteiger partial charge in [-0.05, 0) is 25.5 Å². The molecule has 0 spiro atoms. The highest BCUT2D eigenvalue weighted by atomic mass is 16.3. The Balaban J connectivity index is 2.30. The highest BCUT2D eigenvalue weighted by Crippen LogP contribution is 2.11. The molecular formula is C10H17NO2. The zero-order chi connectivity index (χ0) is 9.68. The number of aliphatic hydroxyl groups is 1. The summed E-state index contributed by atoms with van der Waals surface area (Å²) in [4.78, 5) is 0. The molecular weight excluding hydrogens is 166 g/mol. The van der Waals surface area contributed by atoms with Crippen LogP contribution in [-0.4, -0.2) is 17.8 Å². The van der Waals surface area contributed by atoms with Crippen LogP contribution in [0.15, 0.2) is 22.8 Å². The Morgan fingerprint density at radius 1 is 1.62 bits per heavy atom. The molecule has 2 N–H and O–H groups in total. The van der Waals surface area contributed by atoms with Crippen LogP contribution in [0.1, 0.15) is 32.1 Å². The van der Waals surface area contributed by atoms with Crippen molar-refractivity contribution in [2.75, 3.05) is 6.54 Å². The molecule has 74 valence electrons. The Bertz CT molecular complexity index is 221. The van der Waals surface area contributed by atoms with Gasteiger partial charge in [0.1, 0.15) is 5.76 Å². The number of aliphatic hydroxyl groups excluding tert-OH is 1. The lowest BCUT2D eigenvalue weighted by atomic mass is 10.2. The van der Waals surface area contributed by atoms with Gasteiger partial charge in [-0.2, -0.15) is 0 Å². The van der Waals surface area contributed by atoms with Crippen molar-refractivity contribution in [1.29, 1.82) is 0 Å². The van der Waals surface area contributed by atoms with Gasteiger partial charge >= 0.3 is 0 Å². The molecule has 0 aliphatic rings. The van der Waals surface area contributed by atoms with E-state index in [0.717, 1.165) is 12.2 Å². The van der Waals surface area contributed by atoms with E-state index in [2.05, 4.69) is 5.32 Å². The van der Waals surface area contributed by atoms with E-state index in [9.17, 15) is 5.11 Å². The molecule has 0 bridgehead atoms. The van der Waals surface area contributed by atoms with Crippen molar-refractivity contribution in [2.24, 2.45) is 0 Å². The third-order valence-electron chi connectivity index (χ3n) is 2.10. The third-order valence-corrected chi connectivity index (χ3v) is 2.10. The van der Waals surface area contributed by atoms with Crippen molar-refractivity contribution < 1.29 is 9.52 Å². The molecule has 0 fully saturated rings. The van der Waals surface area contributed by atoms with Crippen LogP contribution >= 0.6 is 0 Å². The molecule has 13 heavy (non-hydrogen) atoms. The first-order chi connectivity index (χ1) is 6.24. The second-order valence-corrected chi connectivity index (χ2v) is 3.21. The number of nitrogens with one attached hydrogen (secondary N) is 1. The summed E-state index contributed by atoms with van der Waals surface area (Å²) in [7, 11) is 0. The minimum Gasteiger partial charge on any atom is -0.468 e. The molecule has 0 amide bonds. The normalized spacial score (nSPS) is 15.6. The lowest BCUT2D eigenvalue weighted by molar-refractivity contribution is 0.162. The molecule has 3 heteroatoms. The molecule has 0 aromatic carbocycles. The maximum Gasteiger partial charge on any atom is 0.120 e. The third kappa shape index (κ3) is 3.20. The molecule has 0 radical (unpaired) electrons. The first-order valence-corrected chi connectivity index (χ1v) is 4.69. The van der Waals surface area contributed by atoms with Crippen LogP contribution in [-0.2, 0) is 0 Å². The van der Waals surface area contributed by atoms with Crippen LogP contribution in [0, 0.1) is 0 Å². The smallest absolute Gasteiger partial charge is 0.120 e. The highest BCUT2D eigenvalue weighted by Gasteiger charge is 2.08. The van der Waals surface area contributed by atoms with E-state index in [1.165, 1.54) is 0 Å². The largest absolute Gasteiger partial charge is 0.468 e. The summed E-state index contributed by atoms with van der Waals surface area (Å²) in [6.07, 6.45) is 2.17. The van der Waals surface area contributed by atoms with Gasteiger partial charge in [-0.25, -0.2) is 0 Å². The van der Waals surface area contributed by atoms with Crippen molar-refractivity contribution in [2.45, 2.75) is 32.4 Å². The van der Waals surface area contributed by atoms with Gasteiger partial charge in [0, 0.05) is 6.54 Å². The van der Waals surface area contributed by atoms with Gasteiger partial charge in [0.2, 0.25) is 0 Å². The van der Waals surface area contributed by atoms with Crippen molar-refractivity contribution in [3.05, 3.63) is 24.2 Å². The summed E-state index contributed by atoms with van der Waals surface area (Å²) in [5.74, 6) is 0.906. The summed E-state index contributed by atoms with van der Waals surface area (Å²) in [6.45, 7) is 4.59. The molecule has 1 aromatic rings. The van der Waals surface area contributed by atoms with Gasteiger partial charge in [-0.1, -0.05) is 6.92 Å². The first kappa shape index (κ1) is 10.3. The summed E-state index contributed by atoms with van der Waals surface area (Å²) >= 11 is 0. The van der Waals surface area contributed by atoms with Crippen molar-refractivity contribution in [1.82, 2.24) is 5.32 Å². The van der Waals surface area contributed by atoms with Crippen LogP contribution < -0.4 is 5.32 Å². The van der Waals surface area contributed by atoms with E-state index in [4.69, 9.17) is 4.42 Å². The first-order valence-electron chi connectivity index (χ1n) is 4.69. The van der Waals surface area contributed by atoms with E-state index in [1.807, 2.05) is 26.0 Å². The predicted octanol–water partition coefficient (Wildman–Crippen LogP) is 1.70. The maximum absolute atomic E-state index is 9.31. The fourth-order valence-corrected chi connectivity index (χ4v) is 1.10. The van der Waals surface area contributed by atoms with Gasteiger partial charge in [-0.15, -0.1) is 0 Å². The molecule has 0 aliphatic carbocycles. The van der Waals surface area contributed by atoms with E-state index < -0.39 is 0 Å². The number of furan rings is 1. The van der Waals surface area contributed by atoms with E-state index >= 15 is 0 Å². The summed E-state index contributed by atoms with van der Waals surface area (Å²) in [5, 5.41) is 12.5. The van der Waals surface area contributed by atoms with Crippen molar-refractivity contribution in [3.63, 3.8) is 0 Å². The lowest BCUT2D eigenvalue weighted by Gasteiger charge is -2.13. The van der Waals surface area contributed by atoms with E-state index in [1.54, 1.807) is 6.26 Å². The van der Waals surface area contributed by atoms with E-state index in [0.29, 0.717) is 6.54 Å². The molecule has 0 aliphatic heterocycles. The maximum atomic E-state index is 9.31. The average molecular weight is 183 g/mol. The highest BCUT2D eigenvalue weighted by molar-refractivity contribution is 5.02. The lowest BCUT2D eigenvalue weighted by Crippen LogP contribution is -2.28. The molecule has 1 heterocycles. The van der Waals surface area contributed by atoms with Gasteiger partial charge in [0.05, 0.1) is 18.4 Å². The summed E-state index contributed by atoms with van der Waals surface area (Å²) in [6, 6.07) is 3.95. The molecule has 0 saturated carbocycles. The Hall–Kier alpha value is -0.800. The SMILES string of the molecule is CCC(O)CNC(C)c1ccco1. The number of hydrogen-bond acceptors (Lipinski definition) is 3. The van der Waals surface area contributed by atoms with Gasteiger partial charge in [0.15, 0.2) is 0 Å². The summed E-state index contributed by atoms with van der Waals surface area (Å²) in [5.41, 5.74) is 0. The predicted molar refractivity (Wildman–Crippen MR) is 51.4 cm³/mol.